The lowest BCUT2D eigenvalue weighted by Gasteiger charge is -2.27. The number of fused-ring (bicyclic) bond motifs is 2. The molecule has 4 aromatic carbocycles. The normalized spacial score (nSPS) is 15.5. The Kier molecular flexibility index (Phi) is 10.5. The zero-order valence-electron chi connectivity index (χ0n) is 26.2. The molecule has 1 N–H and O–H groups in total. The summed E-state index contributed by atoms with van der Waals surface area (Å²) in [6.07, 6.45) is -2.80. The quantitative estimate of drug-likeness (QED) is 0.0851. The molecule has 0 fully saturated rings. The van der Waals surface area contributed by atoms with Crippen LogP contribution in [0.1, 0.15) is 22.3 Å². The molecule has 2 atom stereocenters. The van der Waals surface area contributed by atoms with E-state index >= 15 is 0 Å². The summed E-state index contributed by atoms with van der Waals surface area (Å²) in [5.74, 6) is -1.14. The van der Waals surface area contributed by atoms with Gasteiger partial charge in [-0.3, -0.25) is 13.6 Å². The average molecular weight is 733 g/mol. The Hall–Kier alpha value is -4.60. The first-order chi connectivity index (χ1) is 24.5. The van der Waals surface area contributed by atoms with Gasteiger partial charge in [0, 0.05) is 0 Å². The van der Waals surface area contributed by atoms with Gasteiger partial charge in [-0.05, 0) is 46.5 Å². The molecule has 0 saturated carbocycles. The Morgan fingerprint density at radius 1 is 0.680 bits per heavy atom. The van der Waals surface area contributed by atoms with Crippen molar-refractivity contribution in [3.05, 3.63) is 131 Å². The maximum absolute atomic E-state index is 14.2. The van der Waals surface area contributed by atoms with Gasteiger partial charge in [0.15, 0.2) is 11.9 Å². The Labute approximate surface area is 294 Å². The van der Waals surface area contributed by atoms with Crippen molar-refractivity contribution >= 4 is 59.3 Å². The molecule has 1 aliphatic rings. The fourth-order valence-corrected chi connectivity index (χ4v) is 7.38. The fraction of sp³-hybridized carbons (Fsp3) is 0.206. The van der Waals surface area contributed by atoms with Crippen molar-refractivity contribution in [3.8, 4) is 0 Å². The molecule has 0 saturated heterocycles. The predicted octanol–water partition coefficient (Wildman–Crippen LogP) is 6.49. The number of ether oxygens (including phenoxy) is 3. The van der Waals surface area contributed by atoms with E-state index in [0.29, 0.717) is 22.2 Å². The number of hydrogen-bond donors (Lipinski definition) is 1. The number of aliphatic hydroxyl groups excluding tert-OH is 1. The second-order valence-electron chi connectivity index (χ2n) is 11.1. The van der Waals surface area contributed by atoms with E-state index in [1.807, 2.05) is 60.7 Å². The molecule has 0 unspecified atom stereocenters. The predicted molar refractivity (Wildman–Crippen MR) is 183 cm³/mol. The molecule has 0 bridgehead atoms. The molecule has 7 rings (SSSR count). The summed E-state index contributed by atoms with van der Waals surface area (Å²) in [5, 5.41) is 10.6. The number of phosphoric acid groups is 1. The molecule has 50 heavy (non-hydrogen) atoms. The monoisotopic (exact) mass is 732 g/mol. The number of carbonyl (C=O) groups excluding carboxylic acids is 1. The summed E-state index contributed by atoms with van der Waals surface area (Å²) in [7, 11) is -4.42. The van der Waals surface area contributed by atoms with Crippen LogP contribution in [0.15, 0.2) is 109 Å². The molecule has 16 heteroatoms. The number of carbonyl (C=O) groups is 1. The molecule has 3 heterocycles. The number of aromatic nitrogens is 4. The molecule has 6 aromatic rings. The Morgan fingerprint density at radius 2 is 1.20 bits per heavy atom. The molecule has 0 radical (unpaired) electrons. The lowest BCUT2D eigenvalue weighted by molar-refractivity contribution is -0.148. The standard InChI is InChI=1S/C34H29N4O9PS2/c39-17-30(47-48(41,44-20-22-7-3-1-4-8-22)45-21-23-9-5-2-6-10-23)31-32(42-18-24-11-13-26-28(15-24)37-49-35-26)33(34(40)46-31)43-19-25-12-14-27-29(16-25)38-50-36-27/h1-16,30-31,39H,17-21H2/t30-,31+/m0/s1. The van der Waals surface area contributed by atoms with E-state index in [4.69, 9.17) is 27.8 Å². The number of esters is 1. The number of rotatable bonds is 16. The van der Waals surface area contributed by atoms with Gasteiger partial charge in [0.2, 0.25) is 5.76 Å². The third-order valence-corrected chi connectivity index (χ3v) is 10.1. The number of aliphatic hydroxyl groups is 1. The van der Waals surface area contributed by atoms with Gasteiger partial charge < -0.3 is 19.3 Å². The lowest BCUT2D eigenvalue weighted by atomic mass is 10.1. The SMILES string of the molecule is O=C1O[C@H]([C@H](CO)OP(=O)(OCc2ccccc2)OCc2ccccc2)C(OCc2ccc3nsnc3c2)=C1OCc1ccc2nsnc2c1. The van der Waals surface area contributed by atoms with E-state index in [9.17, 15) is 14.5 Å². The zero-order valence-corrected chi connectivity index (χ0v) is 28.7. The van der Waals surface area contributed by atoms with E-state index in [1.165, 1.54) is 0 Å². The highest BCUT2D eigenvalue weighted by molar-refractivity contribution is 7.48. The summed E-state index contributed by atoms with van der Waals surface area (Å²) in [4.78, 5) is 13.4. The van der Waals surface area contributed by atoms with Crippen molar-refractivity contribution in [2.24, 2.45) is 0 Å². The van der Waals surface area contributed by atoms with Gasteiger partial charge in [-0.1, -0.05) is 72.8 Å². The van der Waals surface area contributed by atoms with Crippen LogP contribution in [0.25, 0.3) is 22.1 Å². The zero-order chi connectivity index (χ0) is 34.3. The van der Waals surface area contributed by atoms with Crippen LogP contribution in [0, 0.1) is 0 Å². The molecular formula is C34H29N4O9PS2. The van der Waals surface area contributed by atoms with Gasteiger partial charge in [0.05, 0.1) is 43.3 Å². The van der Waals surface area contributed by atoms with Gasteiger partial charge >= 0.3 is 13.8 Å². The summed E-state index contributed by atoms with van der Waals surface area (Å²) >= 11 is 2.18. The van der Waals surface area contributed by atoms with Crippen molar-refractivity contribution in [1.29, 1.82) is 0 Å². The average Bonchev–Trinajstić information content (AvgIpc) is 3.90. The first-order valence-corrected chi connectivity index (χ1v) is 18.3. The van der Waals surface area contributed by atoms with E-state index in [-0.39, 0.29) is 37.9 Å². The first kappa shape index (κ1) is 33.9. The minimum Gasteiger partial charge on any atom is -0.485 e. The van der Waals surface area contributed by atoms with Gasteiger partial charge in [0.25, 0.3) is 0 Å². The number of benzene rings is 4. The fourth-order valence-electron chi connectivity index (χ4n) is 5.03. The van der Waals surface area contributed by atoms with E-state index in [1.54, 1.807) is 36.4 Å². The topological polar surface area (TPSA) is 161 Å². The molecule has 256 valence electrons. The third-order valence-electron chi connectivity index (χ3n) is 7.56. The van der Waals surface area contributed by atoms with Crippen LogP contribution in [0.3, 0.4) is 0 Å². The van der Waals surface area contributed by atoms with Crippen molar-refractivity contribution < 1.29 is 42.2 Å². The first-order valence-electron chi connectivity index (χ1n) is 15.4. The highest BCUT2D eigenvalue weighted by Gasteiger charge is 2.46. The van der Waals surface area contributed by atoms with Crippen molar-refractivity contribution in [2.45, 2.75) is 38.6 Å². The molecule has 0 amide bonds. The van der Waals surface area contributed by atoms with Gasteiger partial charge in [-0.2, -0.15) is 17.5 Å². The van der Waals surface area contributed by atoms with Gasteiger partial charge in [-0.15, -0.1) is 0 Å². The number of nitrogens with zero attached hydrogens (tertiary/aromatic N) is 4. The highest BCUT2D eigenvalue weighted by atomic mass is 32.1. The maximum atomic E-state index is 14.2. The van der Waals surface area contributed by atoms with Crippen LogP contribution in [-0.4, -0.2) is 47.4 Å². The third kappa shape index (κ3) is 8.06. The minimum absolute atomic E-state index is 0.0237. The van der Waals surface area contributed by atoms with Crippen LogP contribution in [0.5, 0.6) is 0 Å². The van der Waals surface area contributed by atoms with Crippen molar-refractivity contribution in [1.82, 2.24) is 17.5 Å². The van der Waals surface area contributed by atoms with Crippen LogP contribution >= 0.6 is 31.3 Å². The van der Waals surface area contributed by atoms with Crippen LogP contribution in [-0.2, 0) is 63.6 Å². The maximum Gasteiger partial charge on any atom is 0.475 e. The van der Waals surface area contributed by atoms with E-state index in [0.717, 1.165) is 45.6 Å². The molecule has 0 spiro atoms. The minimum atomic E-state index is -4.42. The molecular weight excluding hydrogens is 704 g/mol. The molecule has 13 nitrogen and oxygen atoms in total. The molecule has 2 aromatic heterocycles. The van der Waals surface area contributed by atoms with E-state index in [2.05, 4.69) is 17.5 Å². The largest absolute Gasteiger partial charge is 0.485 e. The number of hydrogen-bond acceptors (Lipinski definition) is 15. The van der Waals surface area contributed by atoms with Crippen molar-refractivity contribution in [3.63, 3.8) is 0 Å². The summed E-state index contributed by atoms with van der Waals surface area (Å²) in [5.41, 5.74) is 5.73. The lowest BCUT2D eigenvalue weighted by Crippen LogP contribution is -2.35. The smallest absolute Gasteiger partial charge is 0.475 e. The van der Waals surface area contributed by atoms with Crippen molar-refractivity contribution in [2.75, 3.05) is 6.61 Å². The number of cyclic esters (lactones) is 1. The van der Waals surface area contributed by atoms with Gasteiger partial charge in [0.1, 0.15) is 41.4 Å². The van der Waals surface area contributed by atoms with Gasteiger partial charge in [-0.25, -0.2) is 9.36 Å². The summed E-state index contributed by atoms with van der Waals surface area (Å²) in [6.45, 7) is -1.03. The van der Waals surface area contributed by atoms with Crippen LogP contribution < -0.4 is 0 Å². The second-order valence-corrected chi connectivity index (χ2v) is 13.7. The van der Waals surface area contributed by atoms with E-state index < -0.39 is 32.6 Å². The highest BCUT2D eigenvalue weighted by Crippen LogP contribution is 2.53. The van der Waals surface area contributed by atoms with Crippen LogP contribution in [0.2, 0.25) is 0 Å². The summed E-state index contributed by atoms with van der Waals surface area (Å²) < 4.78 is 66.5. The Bertz CT molecular complexity index is 2120. The summed E-state index contributed by atoms with van der Waals surface area (Å²) in [6, 6.07) is 29.0. The number of phosphoric ester groups is 1. The Balaban J connectivity index is 1.16. The molecule has 0 aliphatic carbocycles. The molecule has 1 aliphatic heterocycles. The Morgan fingerprint density at radius 3 is 1.74 bits per heavy atom. The second kappa shape index (κ2) is 15.5. The van der Waals surface area contributed by atoms with Crippen LogP contribution in [0.4, 0.5) is 0 Å².